The summed E-state index contributed by atoms with van der Waals surface area (Å²) in [5.41, 5.74) is 13.6. The Labute approximate surface area is 401 Å². The van der Waals surface area contributed by atoms with Crippen LogP contribution in [0.2, 0.25) is 0 Å². The van der Waals surface area contributed by atoms with Gasteiger partial charge in [-0.2, -0.15) is 10.2 Å². The van der Waals surface area contributed by atoms with Crippen LogP contribution >= 0.6 is 22.7 Å². The van der Waals surface area contributed by atoms with E-state index in [0.29, 0.717) is 29.7 Å². The minimum absolute atomic E-state index is 0.0637. The molecule has 0 unspecified atom stereocenters. The summed E-state index contributed by atoms with van der Waals surface area (Å²) < 4.78 is 19.7. The van der Waals surface area contributed by atoms with Crippen molar-refractivity contribution in [2.75, 3.05) is 31.8 Å². The molecule has 16 nitrogen and oxygen atoms in total. The largest absolute Gasteiger partial charge is 0.488 e. The number of benzene rings is 4. The molecule has 4 aromatic carbocycles. The van der Waals surface area contributed by atoms with Crippen molar-refractivity contribution in [3.05, 3.63) is 109 Å². The Morgan fingerprint density at radius 3 is 1.72 bits per heavy atom. The fourth-order valence-electron chi connectivity index (χ4n) is 8.36. The van der Waals surface area contributed by atoms with E-state index in [1.165, 1.54) is 0 Å². The quantitative estimate of drug-likeness (QED) is 0.0941. The molecular formula is C50H52N14O2S2. The first-order valence-corrected chi connectivity index (χ1v) is 24.1. The van der Waals surface area contributed by atoms with E-state index < -0.39 is 0 Å². The van der Waals surface area contributed by atoms with Crippen molar-refractivity contribution in [2.45, 2.75) is 58.5 Å². The van der Waals surface area contributed by atoms with E-state index in [9.17, 15) is 0 Å². The molecule has 10 aromatic rings. The first-order valence-electron chi connectivity index (χ1n) is 22.3. The van der Waals surface area contributed by atoms with Crippen LogP contribution in [-0.2, 0) is 20.6 Å². The Bertz CT molecular complexity index is 3430. The van der Waals surface area contributed by atoms with Gasteiger partial charge in [-0.25, -0.2) is 29.9 Å². The van der Waals surface area contributed by atoms with Gasteiger partial charge in [0.25, 0.3) is 0 Å². The van der Waals surface area contributed by atoms with Gasteiger partial charge >= 0.3 is 0 Å². The molecule has 0 aliphatic rings. The summed E-state index contributed by atoms with van der Waals surface area (Å²) in [5, 5.41) is 18.2. The van der Waals surface area contributed by atoms with Gasteiger partial charge in [0.2, 0.25) is 0 Å². The molecule has 0 spiro atoms. The van der Waals surface area contributed by atoms with Crippen LogP contribution < -0.4 is 20.1 Å². The van der Waals surface area contributed by atoms with Gasteiger partial charge in [0.15, 0.2) is 0 Å². The lowest BCUT2D eigenvalue weighted by atomic mass is 10.0. The van der Waals surface area contributed by atoms with Gasteiger partial charge in [-0.1, -0.05) is 0 Å². The number of aromatic nitrogens is 10. The maximum absolute atomic E-state index is 7.02. The van der Waals surface area contributed by atoms with Crippen LogP contribution in [-0.4, -0.2) is 105 Å². The molecule has 0 fully saturated rings. The monoisotopic (exact) mass is 944 g/mol. The summed E-state index contributed by atoms with van der Waals surface area (Å²) in [4.78, 5) is 32.4. The topological polar surface area (TPSA) is 162 Å². The second kappa shape index (κ2) is 18.5. The van der Waals surface area contributed by atoms with Gasteiger partial charge < -0.3 is 25.0 Å². The first-order chi connectivity index (χ1) is 32.8. The lowest BCUT2D eigenvalue weighted by Crippen LogP contribution is -2.40. The van der Waals surface area contributed by atoms with E-state index in [-0.39, 0.29) is 24.3 Å². The summed E-state index contributed by atoms with van der Waals surface area (Å²) in [6.45, 7) is 9.07. The number of anilines is 4. The summed E-state index contributed by atoms with van der Waals surface area (Å²) in [7, 11) is 10.1. The number of hydrogen-bond acceptors (Lipinski definition) is 16. The number of rotatable bonds is 16. The lowest BCUT2D eigenvalue weighted by molar-refractivity contribution is 0.101. The molecule has 68 heavy (non-hydrogen) atoms. The first kappa shape index (κ1) is 44.7. The highest BCUT2D eigenvalue weighted by Crippen LogP contribution is 2.40. The number of ether oxygens (including phenoxy) is 2. The second-order valence-electron chi connectivity index (χ2n) is 17.6. The second-order valence-corrected chi connectivity index (χ2v) is 19.3. The van der Waals surface area contributed by atoms with Crippen molar-refractivity contribution in [1.82, 2.24) is 59.3 Å². The molecule has 0 bridgehead atoms. The molecule has 0 aliphatic carbocycles. The van der Waals surface area contributed by atoms with Crippen LogP contribution in [0.3, 0.4) is 0 Å². The maximum Gasteiger partial charge on any atom is 0.145 e. The van der Waals surface area contributed by atoms with Crippen LogP contribution in [0.1, 0.15) is 33.4 Å². The molecule has 0 aliphatic heterocycles. The number of aryl methyl sites for hydroxylation is 2. The predicted molar refractivity (Wildman–Crippen MR) is 274 cm³/mol. The zero-order valence-corrected chi connectivity index (χ0v) is 41.0. The summed E-state index contributed by atoms with van der Waals surface area (Å²) in [5.74, 6) is 2.65. The highest BCUT2D eigenvalue weighted by Gasteiger charge is 2.26. The van der Waals surface area contributed by atoms with Crippen molar-refractivity contribution >= 4 is 87.9 Å². The third-order valence-corrected chi connectivity index (χ3v) is 14.3. The summed E-state index contributed by atoms with van der Waals surface area (Å²) in [6.07, 6.45) is 8.65. The molecule has 10 rings (SSSR count). The van der Waals surface area contributed by atoms with Crippen LogP contribution in [0, 0.1) is 0 Å². The van der Waals surface area contributed by atoms with Crippen LogP contribution in [0.5, 0.6) is 11.5 Å². The Hall–Kier alpha value is -7.12. The van der Waals surface area contributed by atoms with E-state index in [2.05, 4.69) is 127 Å². The third kappa shape index (κ3) is 9.02. The molecule has 0 saturated carbocycles. The Morgan fingerprint density at radius 2 is 1.16 bits per heavy atom. The smallest absolute Gasteiger partial charge is 0.145 e. The van der Waals surface area contributed by atoms with Crippen molar-refractivity contribution in [3.63, 3.8) is 0 Å². The molecule has 0 amide bonds. The van der Waals surface area contributed by atoms with Crippen molar-refractivity contribution < 1.29 is 9.47 Å². The van der Waals surface area contributed by atoms with Gasteiger partial charge in [0.05, 0.1) is 65.2 Å². The van der Waals surface area contributed by atoms with Gasteiger partial charge in [-0.3, -0.25) is 14.3 Å². The summed E-state index contributed by atoms with van der Waals surface area (Å²) >= 11 is 3.20. The molecule has 2 N–H and O–H groups in total. The fraction of sp³-hybridized carbons (Fsp3) is 0.280. The van der Waals surface area contributed by atoms with Crippen molar-refractivity contribution in [3.8, 4) is 33.8 Å². The average Bonchev–Trinajstić information content (AvgIpc) is 4.16. The Morgan fingerprint density at radius 1 is 0.603 bits per heavy atom. The average molecular weight is 945 g/mol. The molecule has 0 radical (unpaired) electrons. The SMILES string of the molecule is C[C@H](Oc1cc(-c2cn(C)nc2CN(C)[C@H](C)[C@@H](C)Oc2cc(-c3cnn(C)c3)cc3ncnc(Nc4ccc5ncsc5c4)c23)cc2ncnc(Nc3ccc4ncsc4c3)c12)[C@H](C)N(C)C. The fourth-order valence-corrected chi connectivity index (χ4v) is 9.80. The number of fused-ring (bicyclic) bond motifs is 4. The van der Waals surface area contributed by atoms with Gasteiger partial charge in [0, 0.05) is 67.6 Å². The van der Waals surface area contributed by atoms with Crippen molar-refractivity contribution in [1.29, 1.82) is 0 Å². The third-order valence-electron chi connectivity index (χ3n) is 12.7. The normalized spacial score (nSPS) is 13.8. The van der Waals surface area contributed by atoms with E-state index in [1.54, 1.807) is 40.0 Å². The van der Waals surface area contributed by atoms with Crippen molar-refractivity contribution in [2.24, 2.45) is 14.1 Å². The van der Waals surface area contributed by atoms with Gasteiger partial charge in [-0.15, -0.1) is 22.7 Å². The molecule has 4 atom stereocenters. The molecular weight excluding hydrogens is 893 g/mol. The maximum atomic E-state index is 7.02. The lowest BCUT2D eigenvalue weighted by Gasteiger charge is -2.30. The van der Waals surface area contributed by atoms with E-state index >= 15 is 0 Å². The number of likely N-dealkylation sites (N-methyl/N-ethyl adjacent to an activating group) is 2. The number of nitrogens with one attached hydrogen (secondary N) is 2. The highest BCUT2D eigenvalue weighted by molar-refractivity contribution is 7.17. The van der Waals surface area contributed by atoms with Gasteiger partial charge in [0.1, 0.15) is 48.0 Å². The zero-order chi connectivity index (χ0) is 47.2. The predicted octanol–water partition coefficient (Wildman–Crippen LogP) is 10.1. The number of nitrogens with zero attached hydrogens (tertiary/aromatic N) is 12. The van der Waals surface area contributed by atoms with E-state index in [0.717, 1.165) is 81.6 Å². The van der Waals surface area contributed by atoms with Crippen LogP contribution in [0.4, 0.5) is 23.0 Å². The molecule has 6 aromatic heterocycles. The molecule has 0 saturated heterocycles. The minimum Gasteiger partial charge on any atom is -0.488 e. The van der Waals surface area contributed by atoms with Gasteiger partial charge in [-0.05, 0) is 121 Å². The van der Waals surface area contributed by atoms with E-state index in [4.69, 9.17) is 34.5 Å². The molecule has 346 valence electrons. The van der Waals surface area contributed by atoms with E-state index in [1.807, 2.05) is 66.5 Å². The Kier molecular flexibility index (Phi) is 12.2. The summed E-state index contributed by atoms with van der Waals surface area (Å²) in [6, 6.07) is 20.6. The van der Waals surface area contributed by atoms with Crippen LogP contribution in [0.25, 0.3) is 64.5 Å². The zero-order valence-electron chi connectivity index (χ0n) is 39.3. The van der Waals surface area contributed by atoms with Crippen LogP contribution in [0.15, 0.2) is 103 Å². The molecule has 18 heteroatoms. The number of hydrogen-bond donors (Lipinski definition) is 2. The standard InChI is InChI=1S/C50H52N14O2S2/c1-28(61(5)6)30(3)65-44-17-33(15-41-48(44)50(54-25-52-41)59-36-11-13-39-46(19-36)68-27-56-39)37-22-64(9)60-42(37)23-62(7)29(2)31(4)66-43-16-32(34-20-57-63(8)21-34)14-40-47(43)49(53-24-51-40)58-35-10-12-38-45(18-35)67-26-55-38/h10-22,24-31H,23H2,1-9H3,(H,51,53,58)(H,52,54,59)/t28-,29+,30-,31+/m0/s1. The Balaban J connectivity index is 0.958. The minimum atomic E-state index is -0.277. The number of thiazole rings is 2. The molecule has 6 heterocycles. The highest BCUT2D eigenvalue weighted by atomic mass is 32.1.